The number of para-hydroxylation sites is 1. The van der Waals surface area contributed by atoms with Crippen LogP contribution in [0.15, 0.2) is 53.1 Å². The van der Waals surface area contributed by atoms with Crippen molar-refractivity contribution in [1.82, 2.24) is 15.0 Å². The van der Waals surface area contributed by atoms with E-state index in [9.17, 15) is 9.18 Å². The van der Waals surface area contributed by atoms with E-state index in [2.05, 4.69) is 10.1 Å². The van der Waals surface area contributed by atoms with E-state index < -0.39 is 5.82 Å². The van der Waals surface area contributed by atoms with Gasteiger partial charge >= 0.3 is 0 Å². The molecule has 6 nitrogen and oxygen atoms in total. The monoisotopic (exact) mass is 383 g/mol. The summed E-state index contributed by atoms with van der Waals surface area (Å²) in [7, 11) is 1.68. The van der Waals surface area contributed by atoms with E-state index in [4.69, 9.17) is 9.26 Å². The molecule has 1 heterocycles. The van der Waals surface area contributed by atoms with Crippen molar-refractivity contribution in [3.05, 3.63) is 65.8 Å². The molecule has 0 aliphatic rings. The summed E-state index contributed by atoms with van der Waals surface area (Å²) in [6, 6.07) is 14.0. The van der Waals surface area contributed by atoms with Crippen molar-refractivity contribution < 1.29 is 18.4 Å². The standard InChI is InChI=1S/C21H22FN3O3/c1-15-7-9-16(10-8-15)21-23-19(28-24-21)11-12-20(26)25(2)13-14-27-18-6-4-3-5-17(18)22/h3-10H,11-14H2,1-2H3. The summed E-state index contributed by atoms with van der Waals surface area (Å²) >= 11 is 0. The van der Waals surface area contributed by atoms with Gasteiger partial charge in [-0.2, -0.15) is 4.98 Å². The van der Waals surface area contributed by atoms with Gasteiger partial charge in [0, 0.05) is 25.5 Å². The van der Waals surface area contributed by atoms with Gasteiger partial charge in [-0.05, 0) is 19.1 Å². The number of hydrogen-bond acceptors (Lipinski definition) is 5. The Hall–Kier alpha value is -3.22. The Morgan fingerprint density at radius 1 is 1.18 bits per heavy atom. The molecule has 0 aliphatic carbocycles. The molecule has 1 aromatic heterocycles. The fourth-order valence-electron chi connectivity index (χ4n) is 2.56. The normalized spacial score (nSPS) is 10.7. The lowest BCUT2D eigenvalue weighted by Crippen LogP contribution is -2.31. The van der Waals surface area contributed by atoms with Crippen LogP contribution in [0.4, 0.5) is 4.39 Å². The molecule has 0 saturated carbocycles. The van der Waals surface area contributed by atoms with E-state index in [0.29, 0.717) is 24.7 Å². The summed E-state index contributed by atoms with van der Waals surface area (Å²) in [6.07, 6.45) is 0.599. The van der Waals surface area contributed by atoms with E-state index in [1.807, 2.05) is 31.2 Å². The molecule has 146 valence electrons. The molecule has 28 heavy (non-hydrogen) atoms. The molecule has 1 amide bonds. The zero-order valence-electron chi connectivity index (χ0n) is 15.9. The fraction of sp³-hybridized carbons (Fsp3) is 0.286. The minimum atomic E-state index is -0.419. The summed E-state index contributed by atoms with van der Waals surface area (Å²) in [5, 5.41) is 3.96. The van der Waals surface area contributed by atoms with Gasteiger partial charge < -0.3 is 14.2 Å². The van der Waals surface area contributed by atoms with Crippen LogP contribution in [-0.4, -0.2) is 41.1 Å². The number of nitrogens with zero attached hydrogens (tertiary/aromatic N) is 3. The molecule has 7 heteroatoms. The summed E-state index contributed by atoms with van der Waals surface area (Å²) in [4.78, 5) is 18.1. The smallest absolute Gasteiger partial charge is 0.227 e. The number of aryl methyl sites for hydroxylation is 2. The van der Waals surface area contributed by atoms with Gasteiger partial charge in [-0.25, -0.2) is 4.39 Å². The minimum absolute atomic E-state index is 0.0766. The zero-order valence-corrected chi connectivity index (χ0v) is 15.9. The van der Waals surface area contributed by atoms with Gasteiger partial charge in [-0.3, -0.25) is 4.79 Å². The maximum atomic E-state index is 13.5. The van der Waals surface area contributed by atoms with Crippen molar-refractivity contribution in [1.29, 1.82) is 0 Å². The Morgan fingerprint density at radius 2 is 1.93 bits per heavy atom. The molecule has 0 radical (unpaired) electrons. The summed E-state index contributed by atoms with van der Waals surface area (Å²) < 4.78 is 24.1. The van der Waals surface area contributed by atoms with Crippen molar-refractivity contribution >= 4 is 5.91 Å². The lowest BCUT2D eigenvalue weighted by atomic mass is 10.1. The lowest BCUT2D eigenvalue weighted by molar-refractivity contribution is -0.130. The van der Waals surface area contributed by atoms with Crippen molar-refractivity contribution in [2.75, 3.05) is 20.2 Å². The first-order valence-electron chi connectivity index (χ1n) is 9.04. The molecule has 0 aliphatic heterocycles. The predicted octanol–water partition coefficient (Wildman–Crippen LogP) is 3.65. The first-order valence-corrected chi connectivity index (χ1v) is 9.04. The minimum Gasteiger partial charge on any atom is -0.489 e. The Balaban J connectivity index is 1.44. The van der Waals surface area contributed by atoms with Crippen LogP contribution in [0.3, 0.4) is 0 Å². The largest absolute Gasteiger partial charge is 0.489 e. The third kappa shape index (κ3) is 5.16. The Bertz CT molecular complexity index is 925. The van der Waals surface area contributed by atoms with E-state index >= 15 is 0 Å². The van der Waals surface area contributed by atoms with Crippen LogP contribution in [0.5, 0.6) is 5.75 Å². The first kappa shape index (κ1) is 19.5. The summed E-state index contributed by atoms with van der Waals surface area (Å²) in [5.74, 6) is 0.608. The Kier molecular flexibility index (Phi) is 6.37. The number of benzene rings is 2. The maximum absolute atomic E-state index is 13.5. The first-order chi connectivity index (χ1) is 13.5. The average Bonchev–Trinajstić information content (AvgIpc) is 3.17. The molecule has 0 N–H and O–H groups in total. The van der Waals surface area contributed by atoms with Gasteiger partial charge in [-0.1, -0.05) is 47.1 Å². The number of aromatic nitrogens is 2. The zero-order chi connectivity index (χ0) is 19.9. The van der Waals surface area contributed by atoms with E-state index in [-0.39, 0.29) is 24.7 Å². The van der Waals surface area contributed by atoms with Gasteiger partial charge in [0.05, 0.1) is 6.54 Å². The van der Waals surface area contributed by atoms with Crippen molar-refractivity contribution in [2.24, 2.45) is 0 Å². The van der Waals surface area contributed by atoms with Crippen molar-refractivity contribution in [3.63, 3.8) is 0 Å². The van der Waals surface area contributed by atoms with Crippen molar-refractivity contribution in [3.8, 4) is 17.1 Å². The third-order valence-corrected chi connectivity index (χ3v) is 4.28. The van der Waals surface area contributed by atoms with Gasteiger partial charge in [0.2, 0.25) is 17.6 Å². The van der Waals surface area contributed by atoms with E-state index in [1.54, 1.807) is 25.2 Å². The maximum Gasteiger partial charge on any atom is 0.227 e. The second-order valence-corrected chi connectivity index (χ2v) is 6.47. The van der Waals surface area contributed by atoms with Crippen LogP contribution >= 0.6 is 0 Å². The highest BCUT2D eigenvalue weighted by molar-refractivity contribution is 5.76. The molecule has 0 fully saturated rings. The number of halogens is 1. The highest BCUT2D eigenvalue weighted by Gasteiger charge is 2.13. The molecule has 0 spiro atoms. The van der Waals surface area contributed by atoms with Crippen LogP contribution in [-0.2, 0) is 11.2 Å². The molecule has 0 saturated heterocycles. The SMILES string of the molecule is Cc1ccc(-c2noc(CCC(=O)N(C)CCOc3ccccc3F)n2)cc1. The Labute approximate surface area is 162 Å². The van der Waals surface area contributed by atoms with Gasteiger partial charge in [0.15, 0.2) is 11.6 Å². The quantitative estimate of drug-likeness (QED) is 0.594. The second kappa shape index (κ2) is 9.12. The topological polar surface area (TPSA) is 68.5 Å². The van der Waals surface area contributed by atoms with Crippen molar-refractivity contribution in [2.45, 2.75) is 19.8 Å². The van der Waals surface area contributed by atoms with Gasteiger partial charge in [0.1, 0.15) is 6.61 Å². The molecule has 0 atom stereocenters. The molecular formula is C21H22FN3O3. The van der Waals surface area contributed by atoms with Crippen LogP contribution < -0.4 is 4.74 Å². The highest BCUT2D eigenvalue weighted by atomic mass is 19.1. The summed E-state index contributed by atoms with van der Waals surface area (Å²) in [5.41, 5.74) is 2.02. The predicted molar refractivity (Wildman–Crippen MR) is 102 cm³/mol. The van der Waals surface area contributed by atoms with Crippen LogP contribution in [0.1, 0.15) is 17.9 Å². The Morgan fingerprint density at radius 3 is 2.68 bits per heavy atom. The fourth-order valence-corrected chi connectivity index (χ4v) is 2.56. The number of likely N-dealkylation sites (N-methyl/N-ethyl adjacent to an activating group) is 1. The second-order valence-electron chi connectivity index (χ2n) is 6.47. The molecule has 3 rings (SSSR count). The van der Waals surface area contributed by atoms with Gasteiger partial charge in [-0.15, -0.1) is 0 Å². The number of amides is 1. The number of ether oxygens (including phenoxy) is 1. The number of carbonyl (C=O) groups excluding carboxylic acids is 1. The third-order valence-electron chi connectivity index (χ3n) is 4.28. The lowest BCUT2D eigenvalue weighted by Gasteiger charge is -2.17. The van der Waals surface area contributed by atoms with Gasteiger partial charge in [0.25, 0.3) is 0 Å². The molecule has 0 bridgehead atoms. The van der Waals surface area contributed by atoms with E-state index in [0.717, 1.165) is 11.1 Å². The van der Waals surface area contributed by atoms with Crippen LogP contribution in [0.25, 0.3) is 11.4 Å². The van der Waals surface area contributed by atoms with E-state index in [1.165, 1.54) is 11.0 Å². The molecule has 0 unspecified atom stereocenters. The highest BCUT2D eigenvalue weighted by Crippen LogP contribution is 2.17. The van der Waals surface area contributed by atoms with Crippen LogP contribution in [0, 0.1) is 12.7 Å². The number of hydrogen-bond donors (Lipinski definition) is 0. The molecular weight excluding hydrogens is 361 g/mol. The number of carbonyl (C=O) groups is 1. The molecule has 3 aromatic rings. The molecule has 2 aromatic carbocycles. The summed E-state index contributed by atoms with van der Waals surface area (Å²) in [6.45, 7) is 2.57. The number of rotatable bonds is 8. The van der Waals surface area contributed by atoms with Crippen LogP contribution in [0.2, 0.25) is 0 Å². The average molecular weight is 383 g/mol.